The number of amides is 2. The molecule has 2 heterocycles. The fourth-order valence-electron chi connectivity index (χ4n) is 3.03. The van der Waals surface area contributed by atoms with Crippen molar-refractivity contribution in [1.29, 1.82) is 0 Å². The predicted molar refractivity (Wildman–Crippen MR) is 87.7 cm³/mol. The molecule has 1 aromatic heterocycles. The fraction of sp³-hybridized carbons (Fsp3) is 0.278. The molecule has 2 atom stereocenters. The van der Waals surface area contributed by atoms with Crippen LogP contribution in [0.25, 0.3) is 0 Å². The van der Waals surface area contributed by atoms with Gasteiger partial charge < -0.3 is 10.2 Å². The van der Waals surface area contributed by atoms with Gasteiger partial charge in [0, 0.05) is 19.7 Å². The molecule has 0 aliphatic carbocycles. The van der Waals surface area contributed by atoms with E-state index in [4.69, 9.17) is 0 Å². The van der Waals surface area contributed by atoms with E-state index in [0.717, 1.165) is 11.1 Å². The summed E-state index contributed by atoms with van der Waals surface area (Å²) in [7, 11) is 1.75. The number of carbonyl (C=O) groups excluding carboxylic acids is 2. The Morgan fingerprint density at radius 3 is 2.70 bits per heavy atom. The topological polar surface area (TPSA) is 62.3 Å². The van der Waals surface area contributed by atoms with Gasteiger partial charge in [0.25, 0.3) is 0 Å². The number of aryl methyl sites for hydroxylation is 1. The summed E-state index contributed by atoms with van der Waals surface area (Å²) < 4.78 is 0. The largest absolute Gasteiger partial charge is 0.338 e. The number of nitrogens with one attached hydrogen (secondary N) is 1. The quantitative estimate of drug-likeness (QED) is 0.948. The first kappa shape index (κ1) is 15.2. The minimum atomic E-state index is -0.419. The van der Waals surface area contributed by atoms with Crippen LogP contribution in [0.3, 0.4) is 0 Å². The lowest BCUT2D eigenvalue weighted by molar-refractivity contribution is -0.127. The molecule has 0 bridgehead atoms. The van der Waals surface area contributed by atoms with Crippen LogP contribution >= 0.6 is 0 Å². The molecule has 1 aromatic carbocycles. The Morgan fingerprint density at radius 2 is 2.00 bits per heavy atom. The van der Waals surface area contributed by atoms with E-state index in [1.165, 1.54) is 0 Å². The lowest BCUT2D eigenvalue weighted by Gasteiger charge is -2.24. The number of likely N-dealkylation sites (tertiary alicyclic amines) is 1. The number of carbonyl (C=O) groups is 2. The van der Waals surface area contributed by atoms with E-state index in [1.807, 2.05) is 49.4 Å². The lowest BCUT2D eigenvalue weighted by atomic mass is 9.93. The molecule has 1 aliphatic rings. The highest BCUT2D eigenvalue weighted by molar-refractivity contribution is 5.97. The average molecular weight is 309 g/mol. The molecule has 0 saturated carbocycles. The van der Waals surface area contributed by atoms with Gasteiger partial charge in [-0.25, -0.2) is 4.98 Å². The van der Waals surface area contributed by atoms with Crippen molar-refractivity contribution in [1.82, 2.24) is 9.88 Å². The van der Waals surface area contributed by atoms with Crippen molar-refractivity contribution >= 4 is 17.6 Å². The van der Waals surface area contributed by atoms with E-state index in [2.05, 4.69) is 10.3 Å². The molecule has 0 spiro atoms. The predicted octanol–water partition coefficient (Wildman–Crippen LogP) is 2.55. The number of hydrogen-bond donors (Lipinski definition) is 1. The summed E-state index contributed by atoms with van der Waals surface area (Å²) in [4.78, 5) is 30.6. The number of aromatic nitrogens is 1. The minimum absolute atomic E-state index is 0.0174. The highest BCUT2D eigenvalue weighted by Gasteiger charge is 2.42. The number of hydrogen-bond acceptors (Lipinski definition) is 3. The van der Waals surface area contributed by atoms with Crippen molar-refractivity contribution < 1.29 is 9.59 Å². The Balaban J connectivity index is 1.84. The van der Waals surface area contributed by atoms with E-state index >= 15 is 0 Å². The van der Waals surface area contributed by atoms with Gasteiger partial charge in [0.05, 0.1) is 12.0 Å². The number of anilines is 1. The van der Waals surface area contributed by atoms with Crippen molar-refractivity contribution in [3.63, 3.8) is 0 Å². The second-order valence-corrected chi connectivity index (χ2v) is 5.88. The van der Waals surface area contributed by atoms with Gasteiger partial charge in [-0.05, 0) is 30.2 Å². The third-order valence-electron chi connectivity index (χ3n) is 4.23. The molecule has 1 saturated heterocycles. The maximum atomic E-state index is 12.7. The van der Waals surface area contributed by atoms with Gasteiger partial charge in [0.1, 0.15) is 5.82 Å². The summed E-state index contributed by atoms with van der Waals surface area (Å²) in [5, 5.41) is 2.84. The molecule has 2 unspecified atom stereocenters. The maximum absolute atomic E-state index is 12.7. The number of nitrogens with zero attached hydrogens (tertiary/aromatic N) is 2. The van der Waals surface area contributed by atoms with Gasteiger partial charge in [-0.1, -0.05) is 30.3 Å². The molecule has 2 aromatic rings. The summed E-state index contributed by atoms with van der Waals surface area (Å²) in [5.74, 6) is -0.0908. The van der Waals surface area contributed by atoms with Crippen LogP contribution in [0.2, 0.25) is 0 Å². The maximum Gasteiger partial charge on any atom is 0.231 e. The van der Waals surface area contributed by atoms with E-state index in [1.54, 1.807) is 18.1 Å². The van der Waals surface area contributed by atoms with Crippen LogP contribution in [0, 0.1) is 12.8 Å². The minimum Gasteiger partial charge on any atom is -0.338 e. The Labute approximate surface area is 135 Å². The molecular weight excluding hydrogens is 290 g/mol. The Bertz CT molecular complexity index is 730. The number of pyridine rings is 1. The van der Waals surface area contributed by atoms with Crippen LogP contribution in [-0.4, -0.2) is 28.7 Å². The van der Waals surface area contributed by atoms with Gasteiger partial charge in [-0.15, -0.1) is 0 Å². The average Bonchev–Trinajstić information content (AvgIpc) is 2.84. The standard InChI is InChI=1S/C18H19N3O2/c1-12-8-9-19-15(10-12)20-18(23)14-11-16(22)21(2)17(14)13-6-4-3-5-7-13/h3-10,14,17H,11H2,1-2H3,(H,19,20,23). The summed E-state index contributed by atoms with van der Waals surface area (Å²) >= 11 is 0. The third kappa shape index (κ3) is 3.08. The zero-order valence-corrected chi connectivity index (χ0v) is 13.2. The number of rotatable bonds is 3. The van der Waals surface area contributed by atoms with Crippen molar-refractivity contribution in [2.24, 2.45) is 5.92 Å². The Kier molecular flexibility index (Phi) is 4.10. The van der Waals surface area contributed by atoms with Crippen LogP contribution in [0.15, 0.2) is 48.7 Å². The summed E-state index contributed by atoms with van der Waals surface area (Å²) in [6.45, 7) is 1.94. The van der Waals surface area contributed by atoms with Gasteiger partial charge in [0.2, 0.25) is 11.8 Å². The zero-order chi connectivity index (χ0) is 16.4. The number of benzene rings is 1. The van der Waals surface area contributed by atoms with E-state index in [0.29, 0.717) is 5.82 Å². The van der Waals surface area contributed by atoms with Crippen molar-refractivity contribution in [3.8, 4) is 0 Å². The van der Waals surface area contributed by atoms with E-state index < -0.39 is 5.92 Å². The Morgan fingerprint density at radius 1 is 1.26 bits per heavy atom. The van der Waals surface area contributed by atoms with Gasteiger partial charge in [-0.2, -0.15) is 0 Å². The summed E-state index contributed by atoms with van der Waals surface area (Å²) in [5.41, 5.74) is 1.99. The first-order chi connectivity index (χ1) is 11.1. The van der Waals surface area contributed by atoms with Crippen molar-refractivity contribution in [2.45, 2.75) is 19.4 Å². The lowest BCUT2D eigenvalue weighted by Crippen LogP contribution is -2.30. The summed E-state index contributed by atoms with van der Waals surface area (Å²) in [6.07, 6.45) is 1.87. The van der Waals surface area contributed by atoms with Crippen LogP contribution in [0.4, 0.5) is 5.82 Å². The summed E-state index contributed by atoms with van der Waals surface area (Å²) in [6, 6.07) is 13.1. The molecule has 1 fully saturated rings. The monoisotopic (exact) mass is 309 g/mol. The van der Waals surface area contributed by atoms with Gasteiger partial charge >= 0.3 is 0 Å². The van der Waals surface area contributed by atoms with Crippen LogP contribution in [0.5, 0.6) is 0 Å². The molecule has 3 rings (SSSR count). The molecule has 118 valence electrons. The van der Waals surface area contributed by atoms with Crippen LogP contribution < -0.4 is 5.32 Å². The smallest absolute Gasteiger partial charge is 0.231 e. The fourth-order valence-corrected chi connectivity index (χ4v) is 3.03. The molecule has 5 heteroatoms. The third-order valence-corrected chi connectivity index (χ3v) is 4.23. The Hall–Kier alpha value is -2.69. The zero-order valence-electron chi connectivity index (χ0n) is 13.2. The van der Waals surface area contributed by atoms with Gasteiger partial charge in [-0.3, -0.25) is 9.59 Å². The second kappa shape index (κ2) is 6.20. The molecule has 23 heavy (non-hydrogen) atoms. The molecule has 1 N–H and O–H groups in total. The molecule has 0 radical (unpaired) electrons. The van der Waals surface area contributed by atoms with Crippen molar-refractivity contribution in [3.05, 3.63) is 59.8 Å². The highest BCUT2D eigenvalue weighted by atomic mass is 16.2. The first-order valence-corrected chi connectivity index (χ1v) is 7.60. The van der Waals surface area contributed by atoms with Crippen LogP contribution in [0.1, 0.15) is 23.6 Å². The second-order valence-electron chi connectivity index (χ2n) is 5.88. The van der Waals surface area contributed by atoms with E-state index in [-0.39, 0.29) is 24.3 Å². The van der Waals surface area contributed by atoms with Crippen molar-refractivity contribution in [2.75, 3.05) is 12.4 Å². The molecular formula is C18H19N3O2. The normalized spacial score (nSPS) is 20.6. The van der Waals surface area contributed by atoms with Gasteiger partial charge in [0.15, 0.2) is 0 Å². The highest BCUT2D eigenvalue weighted by Crippen LogP contribution is 2.37. The van der Waals surface area contributed by atoms with E-state index in [9.17, 15) is 9.59 Å². The van der Waals surface area contributed by atoms with Crippen LogP contribution in [-0.2, 0) is 9.59 Å². The molecule has 5 nitrogen and oxygen atoms in total. The molecule has 1 aliphatic heterocycles. The first-order valence-electron chi connectivity index (χ1n) is 7.60. The SMILES string of the molecule is Cc1ccnc(NC(=O)C2CC(=O)N(C)C2c2ccccc2)c1. The molecule has 2 amide bonds.